The third-order valence-corrected chi connectivity index (χ3v) is 2.66. The van der Waals surface area contributed by atoms with E-state index >= 15 is 0 Å². The molecule has 0 amide bonds. The molecule has 0 aliphatic heterocycles. The molecule has 0 saturated carbocycles. The van der Waals surface area contributed by atoms with Crippen LogP contribution in [0.1, 0.15) is 28.8 Å². The monoisotopic (exact) mass is 296 g/mol. The fourth-order valence-electron chi connectivity index (χ4n) is 1.35. The minimum Gasteiger partial charge on any atom is -0.478 e. The van der Waals surface area contributed by atoms with Crippen LogP contribution in [-0.4, -0.2) is 23.9 Å². The highest BCUT2D eigenvalue weighted by atomic mass is 35.5. The Morgan fingerprint density at radius 3 is 2.58 bits per heavy atom. The summed E-state index contributed by atoms with van der Waals surface area (Å²) in [5, 5.41) is 8.94. The van der Waals surface area contributed by atoms with E-state index in [-0.39, 0.29) is 30.2 Å². The van der Waals surface area contributed by atoms with Crippen molar-refractivity contribution in [3.8, 4) is 0 Å². The van der Waals surface area contributed by atoms with Crippen molar-refractivity contribution < 1.29 is 27.8 Å². The van der Waals surface area contributed by atoms with Crippen LogP contribution in [0.25, 0.3) is 0 Å². The Bertz CT molecular complexity index is 446. The first-order chi connectivity index (χ1) is 8.79. The number of rotatable bonds is 6. The van der Waals surface area contributed by atoms with Crippen LogP contribution in [0.15, 0.2) is 18.2 Å². The Morgan fingerprint density at radius 1 is 1.37 bits per heavy atom. The molecule has 106 valence electrons. The predicted molar refractivity (Wildman–Crippen MR) is 63.4 cm³/mol. The molecule has 0 bridgehead atoms. The van der Waals surface area contributed by atoms with Gasteiger partial charge in [-0.1, -0.05) is 17.7 Å². The van der Waals surface area contributed by atoms with E-state index in [1.807, 2.05) is 0 Å². The highest BCUT2D eigenvalue weighted by molar-refractivity contribution is 6.31. The Kier molecular flexibility index (Phi) is 5.62. The van der Waals surface area contributed by atoms with Gasteiger partial charge in [-0.25, -0.2) is 4.79 Å². The molecule has 3 nitrogen and oxygen atoms in total. The molecule has 1 aromatic rings. The minimum atomic E-state index is -4.18. The number of carboxylic acid groups (broad SMARTS) is 1. The van der Waals surface area contributed by atoms with E-state index in [1.165, 1.54) is 18.2 Å². The third kappa shape index (κ3) is 5.94. The number of ether oxygens (including phenoxy) is 1. The maximum atomic E-state index is 11.9. The molecule has 0 aliphatic carbocycles. The van der Waals surface area contributed by atoms with Gasteiger partial charge in [0.25, 0.3) is 0 Å². The fraction of sp³-hybridized carbons (Fsp3) is 0.417. The summed E-state index contributed by atoms with van der Waals surface area (Å²) in [4.78, 5) is 10.7. The summed E-state index contributed by atoms with van der Waals surface area (Å²) in [7, 11) is 0. The second-order valence-electron chi connectivity index (χ2n) is 3.88. The molecule has 0 saturated heterocycles. The van der Waals surface area contributed by atoms with Gasteiger partial charge < -0.3 is 9.84 Å². The molecule has 0 aromatic heterocycles. The van der Waals surface area contributed by atoms with Crippen LogP contribution in [0.4, 0.5) is 13.2 Å². The molecule has 7 heteroatoms. The van der Waals surface area contributed by atoms with Crippen LogP contribution in [0.2, 0.25) is 5.02 Å². The molecular formula is C12H12ClF3O3. The smallest absolute Gasteiger partial charge is 0.389 e. The quantitative estimate of drug-likeness (QED) is 0.810. The molecule has 0 aliphatic rings. The van der Waals surface area contributed by atoms with Gasteiger partial charge in [0.2, 0.25) is 0 Å². The van der Waals surface area contributed by atoms with E-state index in [0.717, 1.165) is 0 Å². The summed E-state index contributed by atoms with van der Waals surface area (Å²) >= 11 is 5.84. The average molecular weight is 297 g/mol. The number of carbonyl (C=O) groups is 1. The zero-order valence-electron chi connectivity index (χ0n) is 9.84. The van der Waals surface area contributed by atoms with Crippen LogP contribution in [-0.2, 0) is 11.3 Å². The lowest BCUT2D eigenvalue weighted by Crippen LogP contribution is -2.08. The van der Waals surface area contributed by atoms with Gasteiger partial charge in [0.15, 0.2) is 0 Å². The lowest BCUT2D eigenvalue weighted by molar-refractivity contribution is -0.138. The molecule has 0 atom stereocenters. The Hall–Kier alpha value is -1.27. The summed E-state index contributed by atoms with van der Waals surface area (Å²) in [6.07, 6.45) is -5.18. The second-order valence-corrected chi connectivity index (χ2v) is 4.29. The van der Waals surface area contributed by atoms with Gasteiger partial charge in [0.1, 0.15) is 0 Å². The standard InChI is InChI=1S/C12H12ClF3O3/c13-10-6-8(11(17)18)2-3-9(10)7-19-5-1-4-12(14,15)16/h2-3,6H,1,4-5,7H2,(H,17,18). The van der Waals surface area contributed by atoms with Gasteiger partial charge in [0.05, 0.1) is 12.2 Å². The maximum Gasteiger partial charge on any atom is 0.389 e. The zero-order chi connectivity index (χ0) is 14.5. The molecule has 0 spiro atoms. The van der Waals surface area contributed by atoms with E-state index < -0.39 is 18.6 Å². The second kappa shape index (κ2) is 6.77. The zero-order valence-corrected chi connectivity index (χ0v) is 10.6. The molecular weight excluding hydrogens is 285 g/mol. The molecule has 1 rings (SSSR count). The van der Waals surface area contributed by atoms with Crippen molar-refractivity contribution in [3.05, 3.63) is 34.3 Å². The molecule has 0 radical (unpaired) electrons. The van der Waals surface area contributed by atoms with E-state index in [4.69, 9.17) is 21.4 Å². The van der Waals surface area contributed by atoms with Crippen molar-refractivity contribution in [1.82, 2.24) is 0 Å². The number of benzene rings is 1. The minimum absolute atomic E-state index is 0.0312. The van der Waals surface area contributed by atoms with Crippen molar-refractivity contribution in [3.63, 3.8) is 0 Å². The first-order valence-corrected chi connectivity index (χ1v) is 5.83. The van der Waals surface area contributed by atoms with E-state index in [1.54, 1.807) is 0 Å². The lowest BCUT2D eigenvalue weighted by atomic mass is 10.1. The highest BCUT2D eigenvalue weighted by Gasteiger charge is 2.25. The molecule has 0 fully saturated rings. The molecule has 19 heavy (non-hydrogen) atoms. The first-order valence-electron chi connectivity index (χ1n) is 5.46. The van der Waals surface area contributed by atoms with E-state index in [2.05, 4.69) is 0 Å². The van der Waals surface area contributed by atoms with Crippen LogP contribution < -0.4 is 0 Å². The fourth-order valence-corrected chi connectivity index (χ4v) is 1.59. The van der Waals surface area contributed by atoms with E-state index in [9.17, 15) is 18.0 Å². The number of hydrogen-bond acceptors (Lipinski definition) is 2. The van der Waals surface area contributed by atoms with Crippen molar-refractivity contribution in [2.75, 3.05) is 6.61 Å². The number of alkyl halides is 3. The molecule has 1 aromatic carbocycles. The van der Waals surface area contributed by atoms with Crippen LogP contribution in [0.3, 0.4) is 0 Å². The lowest BCUT2D eigenvalue weighted by Gasteiger charge is -2.08. The van der Waals surface area contributed by atoms with Crippen LogP contribution >= 0.6 is 11.6 Å². The van der Waals surface area contributed by atoms with Gasteiger partial charge >= 0.3 is 12.1 Å². The van der Waals surface area contributed by atoms with Gasteiger partial charge in [-0.3, -0.25) is 0 Å². The van der Waals surface area contributed by atoms with Crippen LogP contribution in [0.5, 0.6) is 0 Å². The van der Waals surface area contributed by atoms with Gasteiger partial charge in [-0.2, -0.15) is 13.2 Å². The normalized spacial score (nSPS) is 11.6. The Morgan fingerprint density at radius 2 is 2.05 bits per heavy atom. The number of carboxylic acids is 1. The van der Waals surface area contributed by atoms with Crippen molar-refractivity contribution in [1.29, 1.82) is 0 Å². The topological polar surface area (TPSA) is 46.5 Å². The average Bonchev–Trinajstić information content (AvgIpc) is 2.28. The SMILES string of the molecule is O=C(O)c1ccc(COCCCC(F)(F)F)c(Cl)c1. The largest absolute Gasteiger partial charge is 0.478 e. The summed E-state index contributed by atoms with van der Waals surface area (Å²) in [5.41, 5.74) is 0.587. The summed E-state index contributed by atoms with van der Waals surface area (Å²) in [6, 6.07) is 4.12. The molecule has 0 heterocycles. The Balaban J connectivity index is 2.40. The van der Waals surface area contributed by atoms with Gasteiger partial charge in [-0.05, 0) is 24.1 Å². The predicted octanol–water partition coefficient (Wildman–Crippen LogP) is 3.90. The van der Waals surface area contributed by atoms with Gasteiger partial charge in [0, 0.05) is 18.1 Å². The number of aromatic carboxylic acids is 1. The highest BCUT2D eigenvalue weighted by Crippen LogP contribution is 2.22. The summed E-state index contributed by atoms with van der Waals surface area (Å²) < 4.78 is 40.6. The third-order valence-electron chi connectivity index (χ3n) is 2.31. The molecule has 0 unspecified atom stereocenters. The summed E-state index contributed by atoms with van der Waals surface area (Å²) in [6.45, 7) is 0.0209. The Labute approximate surface area is 112 Å². The van der Waals surface area contributed by atoms with Gasteiger partial charge in [-0.15, -0.1) is 0 Å². The number of hydrogen-bond donors (Lipinski definition) is 1. The van der Waals surface area contributed by atoms with E-state index in [0.29, 0.717) is 5.56 Å². The van der Waals surface area contributed by atoms with Crippen molar-refractivity contribution in [2.45, 2.75) is 25.6 Å². The van der Waals surface area contributed by atoms with Crippen molar-refractivity contribution >= 4 is 17.6 Å². The first kappa shape index (κ1) is 15.8. The maximum absolute atomic E-state index is 11.9. The van der Waals surface area contributed by atoms with Crippen LogP contribution in [0, 0.1) is 0 Å². The number of halogens is 4. The van der Waals surface area contributed by atoms with Crippen molar-refractivity contribution in [2.24, 2.45) is 0 Å². The summed E-state index contributed by atoms with van der Waals surface area (Å²) in [5.74, 6) is -1.10. The molecule has 1 N–H and O–H groups in total.